The Labute approximate surface area is 152 Å². The summed E-state index contributed by atoms with van der Waals surface area (Å²) in [5, 5.41) is 2.90. The van der Waals surface area contributed by atoms with Crippen molar-refractivity contribution in [3.05, 3.63) is 28.8 Å². The number of nitrogens with zero attached hydrogens (tertiary/aromatic N) is 1. The number of hydrogen-bond acceptors (Lipinski definition) is 5. The van der Waals surface area contributed by atoms with E-state index in [9.17, 15) is 18.0 Å². The summed E-state index contributed by atoms with van der Waals surface area (Å²) in [6.45, 7) is 2.54. The maximum absolute atomic E-state index is 12.4. The molecule has 25 heavy (non-hydrogen) atoms. The molecule has 1 unspecified atom stereocenters. The lowest BCUT2D eigenvalue weighted by Crippen LogP contribution is -2.43. The summed E-state index contributed by atoms with van der Waals surface area (Å²) >= 11 is 6.07. The fraction of sp³-hybridized carbons (Fsp3) is 0.500. The number of rotatable bonds is 5. The van der Waals surface area contributed by atoms with Gasteiger partial charge in [-0.2, -0.15) is 0 Å². The van der Waals surface area contributed by atoms with Crippen LogP contribution in [0.1, 0.15) is 30.1 Å². The molecule has 0 aromatic heterocycles. The van der Waals surface area contributed by atoms with Gasteiger partial charge in [-0.3, -0.25) is 4.79 Å². The molecule has 1 heterocycles. The number of hydrogen-bond donors (Lipinski definition) is 1. The van der Waals surface area contributed by atoms with Gasteiger partial charge in [0, 0.05) is 18.8 Å². The Bertz CT molecular complexity index is 766. The molecule has 138 valence electrons. The van der Waals surface area contributed by atoms with Crippen molar-refractivity contribution in [2.45, 2.75) is 19.8 Å². The minimum Gasteiger partial charge on any atom is -0.462 e. The van der Waals surface area contributed by atoms with Gasteiger partial charge in [0.25, 0.3) is 0 Å². The Morgan fingerprint density at radius 2 is 2.12 bits per heavy atom. The third-order valence-electron chi connectivity index (χ3n) is 3.96. The normalized spacial score (nSPS) is 18.6. The van der Waals surface area contributed by atoms with E-state index in [1.165, 1.54) is 16.4 Å². The Balaban J connectivity index is 2.05. The van der Waals surface area contributed by atoms with Crippen molar-refractivity contribution in [3.63, 3.8) is 0 Å². The van der Waals surface area contributed by atoms with Gasteiger partial charge in [-0.05, 0) is 38.0 Å². The number of carbonyl (C=O) groups excluding carboxylic acids is 2. The van der Waals surface area contributed by atoms with Crippen LogP contribution in [0.15, 0.2) is 18.2 Å². The predicted molar refractivity (Wildman–Crippen MR) is 95.2 cm³/mol. The summed E-state index contributed by atoms with van der Waals surface area (Å²) in [4.78, 5) is 24.1. The first-order valence-electron chi connectivity index (χ1n) is 7.95. The van der Waals surface area contributed by atoms with Gasteiger partial charge in [-0.25, -0.2) is 17.5 Å². The van der Waals surface area contributed by atoms with Crippen LogP contribution >= 0.6 is 11.6 Å². The van der Waals surface area contributed by atoms with E-state index in [0.717, 1.165) is 6.26 Å². The van der Waals surface area contributed by atoms with Crippen molar-refractivity contribution in [2.24, 2.45) is 5.92 Å². The third kappa shape index (κ3) is 5.17. The average molecular weight is 389 g/mol. The van der Waals surface area contributed by atoms with Crippen molar-refractivity contribution in [3.8, 4) is 0 Å². The SMILES string of the molecule is CCOC(=O)c1ccc(NC(=O)C2CCCN(S(C)(=O)=O)C2)cc1Cl. The predicted octanol–water partition coefficient (Wildman–Crippen LogP) is 2.13. The maximum atomic E-state index is 12.4. The number of anilines is 1. The third-order valence-corrected chi connectivity index (χ3v) is 5.54. The molecule has 1 aromatic rings. The van der Waals surface area contributed by atoms with E-state index in [4.69, 9.17) is 16.3 Å². The Morgan fingerprint density at radius 3 is 2.72 bits per heavy atom. The van der Waals surface area contributed by atoms with Gasteiger partial charge < -0.3 is 10.1 Å². The number of ether oxygens (including phenoxy) is 1. The highest BCUT2D eigenvalue weighted by atomic mass is 35.5. The highest BCUT2D eigenvalue weighted by Gasteiger charge is 2.30. The molecule has 2 rings (SSSR count). The summed E-state index contributed by atoms with van der Waals surface area (Å²) in [6.07, 6.45) is 2.39. The molecule has 1 aliphatic rings. The van der Waals surface area contributed by atoms with Crippen LogP contribution in [0.3, 0.4) is 0 Å². The quantitative estimate of drug-likeness (QED) is 0.780. The van der Waals surface area contributed by atoms with Gasteiger partial charge >= 0.3 is 5.97 Å². The van der Waals surface area contributed by atoms with Crippen molar-refractivity contribution in [1.82, 2.24) is 4.31 Å². The molecular weight excluding hydrogens is 368 g/mol. The highest BCUT2D eigenvalue weighted by molar-refractivity contribution is 7.88. The number of piperidine rings is 1. The monoisotopic (exact) mass is 388 g/mol. The van der Waals surface area contributed by atoms with Gasteiger partial charge in [0.1, 0.15) is 0 Å². The van der Waals surface area contributed by atoms with Crippen LogP contribution in [-0.4, -0.2) is 50.6 Å². The van der Waals surface area contributed by atoms with E-state index in [1.807, 2.05) is 0 Å². The molecule has 0 radical (unpaired) electrons. The second-order valence-corrected chi connectivity index (χ2v) is 8.25. The van der Waals surface area contributed by atoms with Gasteiger partial charge in [-0.15, -0.1) is 0 Å². The molecule has 9 heteroatoms. The minimum atomic E-state index is -3.31. The van der Waals surface area contributed by atoms with Crippen LogP contribution in [0.2, 0.25) is 5.02 Å². The lowest BCUT2D eigenvalue weighted by Gasteiger charge is -2.30. The lowest BCUT2D eigenvalue weighted by atomic mass is 9.98. The molecule has 1 saturated heterocycles. The Morgan fingerprint density at radius 1 is 1.40 bits per heavy atom. The van der Waals surface area contributed by atoms with Crippen LogP contribution in [0.5, 0.6) is 0 Å². The highest BCUT2D eigenvalue weighted by Crippen LogP contribution is 2.24. The Hall–Kier alpha value is -1.64. The zero-order valence-electron chi connectivity index (χ0n) is 14.1. The van der Waals surface area contributed by atoms with E-state index in [1.54, 1.807) is 13.0 Å². The number of amides is 1. The summed E-state index contributed by atoms with van der Waals surface area (Å²) in [5.74, 6) is -1.22. The molecule has 7 nitrogen and oxygen atoms in total. The van der Waals surface area contributed by atoms with Crippen molar-refractivity contribution < 1.29 is 22.7 Å². The molecule has 1 atom stereocenters. The topological polar surface area (TPSA) is 92.8 Å². The van der Waals surface area contributed by atoms with E-state index < -0.39 is 21.9 Å². The molecule has 0 aliphatic carbocycles. The molecule has 1 N–H and O–H groups in total. The zero-order chi connectivity index (χ0) is 18.6. The molecule has 1 aliphatic heterocycles. The molecule has 1 aromatic carbocycles. The largest absolute Gasteiger partial charge is 0.462 e. The van der Waals surface area contributed by atoms with Gasteiger partial charge in [0.2, 0.25) is 15.9 Å². The Kier molecular flexibility index (Phi) is 6.42. The van der Waals surface area contributed by atoms with E-state index in [-0.39, 0.29) is 29.6 Å². The first-order chi connectivity index (χ1) is 11.7. The molecule has 0 bridgehead atoms. The molecule has 0 saturated carbocycles. The number of carbonyl (C=O) groups is 2. The molecule has 1 fully saturated rings. The van der Waals surface area contributed by atoms with Crippen LogP contribution in [0.4, 0.5) is 5.69 Å². The number of nitrogens with one attached hydrogen (secondary N) is 1. The van der Waals surface area contributed by atoms with Crippen molar-refractivity contribution >= 4 is 39.2 Å². The molecular formula is C16H21ClN2O5S. The molecule has 0 spiro atoms. The zero-order valence-corrected chi connectivity index (χ0v) is 15.7. The standard InChI is InChI=1S/C16H21ClN2O5S/c1-3-24-16(21)13-7-6-12(9-14(13)17)18-15(20)11-5-4-8-19(10-11)25(2,22)23/h6-7,9,11H,3-5,8,10H2,1-2H3,(H,18,20). The number of halogens is 1. The van der Waals surface area contributed by atoms with Crippen LogP contribution < -0.4 is 5.32 Å². The van der Waals surface area contributed by atoms with E-state index in [0.29, 0.717) is 25.1 Å². The summed E-state index contributed by atoms with van der Waals surface area (Å²) in [6, 6.07) is 4.52. The van der Waals surface area contributed by atoms with E-state index >= 15 is 0 Å². The van der Waals surface area contributed by atoms with Crippen molar-refractivity contribution in [1.29, 1.82) is 0 Å². The number of sulfonamides is 1. The minimum absolute atomic E-state index is 0.166. The fourth-order valence-electron chi connectivity index (χ4n) is 2.67. The van der Waals surface area contributed by atoms with Crippen LogP contribution in [0.25, 0.3) is 0 Å². The molecule has 1 amide bonds. The summed E-state index contributed by atoms with van der Waals surface area (Å²) < 4.78 is 29.5. The summed E-state index contributed by atoms with van der Waals surface area (Å²) in [5.41, 5.74) is 0.668. The smallest absolute Gasteiger partial charge is 0.339 e. The number of esters is 1. The average Bonchev–Trinajstić information content (AvgIpc) is 2.54. The maximum Gasteiger partial charge on any atom is 0.339 e. The number of benzene rings is 1. The first kappa shape index (κ1) is 19.7. The van der Waals surface area contributed by atoms with Crippen molar-refractivity contribution in [2.75, 3.05) is 31.3 Å². The second kappa shape index (κ2) is 8.16. The van der Waals surface area contributed by atoms with Gasteiger partial charge in [0.05, 0.1) is 29.4 Å². The summed E-state index contributed by atoms with van der Waals surface area (Å²) in [7, 11) is -3.31. The lowest BCUT2D eigenvalue weighted by molar-refractivity contribution is -0.120. The first-order valence-corrected chi connectivity index (χ1v) is 10.2. The van der Waals surface area contributed by atoms with Crippen LogP contribution in [-0.2, 0) is 19.6 Å². The fourth-order valence-corrected chi connectivity index (χ4v) is 3.84. The second-order valence-electron chi connectivity index (χ2n) is 5.86. The van der Waals surface area contributed by atoms with Gasteiger partial charge in [-0.1, -0.05) is 11.6 Å². The van der Waals surface area contributed by atoms with Crippen LogP contribution in [0, 0.1) is 5.92 Å². The van der Waals surface area contributed by atoms with Gasteiger partial charge in [0.15, 0.2) is 0 Å². The van der Waals surface area contributed by atoms with E-state index in [2.05, 4.69) is 5.32 Å².